The Labute approximate surface area is 150 Å². The highest BCUT2D eigenvalue weighted by Crippen LogP contribution is 2.32. The summed E-state index contributed by atoms with van der Waals surface area (Å²) in [7, 11) is 0. The molecular formula is C23H38O. The van der Waals surface area contributed by atoms with Crippen LogP contribution in [0.25, 0.3) is 0 Å². The van der Waals surface area contributed by atoms with Crippen molar-refractivity contribution in [3.8, 4) is 0 Å². The molecule has 1 heteroatoms. The largest absolute Gasteiger partial charge is 0.373 e. The minimum atomic E-state index is 0.339. The molecule has 0 amide bonds. The zero-order chi connectivity index (χ0) is 17.0. The number of rotatable bonds is 11. The van der Waals surface area contributed by atoms with Gasteiger partial charge < -0.3 is 4.74 Å². The van der Waals surface area contributed by atoms with E-state index in [1.54, 1.807) is 0 Å². The second-order valence-electron chi connectivity index (χ2n) is 7.67. The van der Waals surface area contributed by atoms with Crippen LogP contribution in [-0.2, 0) is 11.2 Å². The highest BCUT2D eigenvalue weighted by Gasteiger charge is 2.22. The zero-order valence-electron chi connectivity index (χ0n) is 16.1. The van der Waals surface area contributed by atoms with Crippen LogP contribution < -0.4 is 0 Å². The molecule has 0 N–H and O–H groups in total. The average molecular weight is 331 g/mol. The highest BCUT2D eigenvalue weighted by atomic mass is 16.5. The molecule has 0 spiro atoms. The first-order valence-corrected chi connectivity index (χ1v) is 10.5. The minimum Gasteiger partial charge on any atom is -0.373 e. The molecule has 1 aromatic carbocycles. The third-order valence-electron chi connectivity index (χ3n) is 5.51. The molecule has 2 atom stereocenters. The van der Waals surface area contributed by atoms with E-state index in [9.17, 15) is 0 Å². The van der Waals surface area contributed by atoms with Crippen LogP contribution >= 0.6 is 0 Å². The normalized spacial score (nSPS) is 21.1. The van der Waals surface area contributed by atoms with Gasteiger partial charge in [-0.05, 0) is 49.1 Å². The van der Waals surface area contributed by atoms with Crippen molar-refractivity contribution in [3.05, 3.63) is 35.4 Å². The lowest BCUT2D eigenvalue weighted by Gasteiger charge is -2.29. The van der Waals surface area contributed by atoms with E-state index >= 15 is 0 Å². The number of hydrogen-bond donors (Lipinski definition) is 0. The molecule has 24 heavy (non-hydrogen) atoms. The summed E-state index contributed by atoms with van der Waals surface area (Å²) >= 11 is 0. The second kappa shape index (κ2) is 11.7. The van der Waals surface area contributed by atoms with Gasteiger partial charge in [0, 0.05) is 0 Å². The average Bonchev–Trinajstić information content (AvgIpc) is 2.63. The minimum absolute atomic E-state index is 0.339. The lowest BCUT2D eigenvalue weighted by molar-refractivity contribution is -0.0198. The molecule has 2 rings (SSSR count). The fraction of sp³-hybridized carbons (Fsp3) is 0.739. The lowest BCUT2D eigenvalue weighted by atomic mass is 9.90. The van der Waals surface area contributed by atoms with Crippen LogP contribution in [0.4, 0.5) is 0 Å². The van der Waals surface area contributed by atoms with Gasteiger partial charge in [-0.25, -0.2) is 0 Å². The summed E-state index contributed by atoms with van der Waals surface area (Å²) in [6.07, 6.45) is 16.4. The van der Waals surface area contributed by atoms with Crippen molar-refractivity contribution in [1.82, 2.24) is 0 Å². The molecule has 1 aliphatic rings. The quantitative estimate of drug-likeness (QED) is 0.388. The van der Waals surface area contributed by atoms with E-state index in [1.165, 1.54) is 88.2 Å². The molecule has 2 unspecified atom stereocenters. The molecule has 1 fully saturated rings. The molecule has 0 saturated carbocycles. The van der Waals surface area contributed by atoms with Crippen molar-refractivity contribution in [3.63, 3.8) is 0 Å². The third-order valence-corrected chi connectivity index (χ3v) is 5.51. The molecule has 0 bridgehead atoms. The molecule has 1 saturated heterocycles. The summed E-state index contributed by atoms with van der Waals surface area (Å²) in [6, 6.07) is 9.27. The first-order valence-electron chi connectivity index (χ1n) is 10.5. The summed E-state index contributed by atoms with van der Waals surface area (Å²) in [6.45, 7) is 5.52. The Balaban J connectivity index is 1.68. The van der Waals surface area contributed by atoms with Crippen molar-refractivity contribution in [2.45, 2.75) is 97.0 Å². The Morgan fingerprint density at radius 1 is 0.833 bits per heavy atom. The van der Waals surface area contributed by atoms with Crippen molar-refractivity contribution < 1.29 is 4.74 Å². The van der Waals surface area contributed by atoms with E-state index in [4.69, 9.17) is 4.74 Å². The fourth-order valence-corrected chi connectivity index (χ4v) is 3.81. The van der Waals surface area contributed by atoms with Crippen molar-refractivity contribution in [2.24, 2.45) is 5.92 Å². The van der Waals surface area contributed by atoms with Gasteiger partial charge >= 0.3 is 0 Å². The molecule has 1 nitrogen and oxygen atoms in total. The van der Waals surface area contributed by atoms with Crippen LogP contribution in [-0.4, -0.2) is 6.61 Å². The molecule has 0 radical (unpaired) electrons. The number of benzene rings is 1. The van der Waals surface area contributed by atoms with Gasteiger partial charge in [-0.1, -0.05) is 83.1 Å². The summed E-state index contributed by atoms with van der Waals surface area (Å²) in [5, 5.41) is 0. The summed E-state index contributed by atoms with van der Waals surface area (Å²) in [5.41, 5.74) is 2.88. The molecule has 1 heterocycles. The lowest BCUT2D eigenvalue weighted by Crippen LogP contribution is -2.20. The van der Waals surface area contributed by atoms with E-state index in [2.05, 4.69) is 38.1 Å². The number of aryl methyl sites for hydroxylation is 1. The second-order valence-corrected chi connectivity index (χ2v) is 7.67. The zero-order valence-corrected chi connectivity index (χ0v) is 16.1. The maximum absolute atomic E-state index is 6.17. The van der Waals surface area contributed by atoms with Crippen LogP contribution in [0.5, 0.6) is 0 Å². The smallest absolute Gasteiger partial charge is 0.0825 e. The van der Waals surface area contributed by atoms with Crippen LogP contribution in [0, 0.1) is 5.92 Å². The van der Waals surface area contributed by atoms with Crippen LogP contribution in [0.15, 0.2) is 24.3 Å². The Morgan fingerprint density at radius 2 is 1.54 bits per heavy atom. The van der Waals surface area contributed by atoms with Crippen molar-refractivity contribution in [2.75, 3.05) is 6.61 Å². The third kappa shape index (κ3) is 6.97. The molecule has 1 aromatic rings. The first-order chi connectivity index (χ1) is 11.8. The maximum atomic E-state index is 6.17. The van der Waals surface area contributed by atoms with Crippen LogP contribution in [0.2, 0.25) is 0 Å². The topological polar surface area (TPSA) is 9.23 Å². The maximum Gasteiger partial charge on any atom is 0.0825 e. The monoisotopic (exact) mass is 330 g/mol. The highest BCUT2D eigenvalue weighted by molar-refractivity contribution is 5.24. The molecule has 0 aromatic heterocycles. The fourth-order valence-electron chi connectivity index (χ4n) is 3.81. The van der Waals surface area contributed by atoms with Gasteiger partial charge in [-0.15, -0.1) is 0 Å². The van der Waals surface area contributed by atoms with Crippen LogP contribution in [0.1, 0.15) is 102 Å². The predicted octanol–water partition coefficient (Wildman–Crippen LogP) is 7.25. The summed E-state index contributed by atoms with van der Waals surface area (Å²) in [4.78, 5) is 0. The van der Waals surface area contributed by atoms with Gasteiger partial charge in [0.2, 0.25) is 0 Å². The Kier molecular flexibility index (Phi) is 9.50. The molecule has 136 valence electrons. The van der Waals surface area contributed by atoms with Crippen molar-refractivity contribution in [1.29, 1.82) is 0 Å². The number of ether oxygens (including phenoxy) is 1. The standard InChI is InChI=1S/C23H38O/c1-3-5-7-8-10-11-20-13-16-22(17-14-20)23-18-15-21(19-24-23)12-9-6-4-2/h13-14,16-17,21,23H,3-12,15,18-19H2,1-2H3. The number of unbranched alkanes of at least 4 members (excludes halogenated alkanes) is 6. The first kappa shape index (κ1) is 19.5. The van der Waals surface area contributed by atoms with E-state index in [1.807, 2.05) is 0 Å². The summed E-state index contributed by atoms with van der Waals surface area (Å²) in [5.74, 6) is 0.801. The van der Waals surface area contributed by atoms with Gasteiger partial charge in [0.15, 0.2) is 0 Å². The van der Waals surface area contributed by atoms with Crippen molar-refractivity contribution >= 4 is 0 Å². The van der Waals surface area contributed by atoms with Gasteiger partial charge in [0.25, 0.3) is 0 Å². The Morgan fingerprint density at radius 3 is 2.21 bits per heavy atom. The Bertz CT molecular complexity index is 414. The van der Waals surface area contributed by atoms with E-state index in [0.717, 1.165) is 12.5 Å². The van der Waals surface area contributed by atoms with Gasteiger partial charge in [0.05, 0.1) is 12.7 Å². The predicted molar refractivity (Wildman–Crippen MR) is 104 cm³/mol. The van der Waals surface area contributed by atoms with Crippen LogP contribution in [0.3, 0.4) is 0 Å². The SMILES string of the molecule is CCCCCCCc1ccc(C2CCC(CCCCC)CO2)cc1. The summed E-state index contributed by atoms with van der Waals surface area (Å²) < 4.78 is 6.17. The van der Waals surface area contributed by atoms with E-state index < -0.39 is 0 Å². The van der Waals surface area contributed by atoms with E-state index in [0.29, 0.717) is 6.10 Å². The van der Waals surface area contributed by atoms with E-state index in [-0.39, 0.29) is 0 Å². The molecule has 1 aliphatic heterocycles. The number of hydrogen-bond acceptors (Lipinski definition) is 1. The van der Waals surface area contributed by atoms with Gasteiger partial charge in [-0.2, -0.15) is 0 Å². The van der Waals surface area contributed by atoms with Gasteiger partial charge in [-0.3, -0.25) is 0 Å². The Hall–Kier alpha value is -0.820. The molecular weight excluding hydrogens is 292 g/mol. The molecule has 0 aliphatic carbocycles. The van der Waals surface area contributed by atoms with Gasteiger partial charge in [0.1, 0.15) is 0 Å².